The zero-order valence-corrected chi connectivity index (χ0v) is 12.1. The van der Waals surface area contributed by atoms with Crippen LogP contribution in [0.15, 0.2) is 48.8 Å². The van der Waals surface area contributed by atoms with Gasteiger partial charge < -0.3 is 14.5 Å². The van der Waals surface area contributed by atoms with Crippen molar-refractivity contribution >= 4 is 23.2 Å². The number of halogens is 1. The number of nitrogens with one attached hydrogen (secondary N) is 1. The van der Waals surface area contributed by atoms with Crippen molar-refractivity contribution in [3.63, 3.8) is 0 Å². The lowest BCUT2D eigenvalue weighted by Gasteiger charge is -2.04. The molecule has 3 rings (SSSR count). The molecular formula is C16H12FN3O3. The van der Waals surface area contributed by atoms with Crippen LogP contribution in [-0.4, -0.2) is 28.4 Å². The number of methoxy groups -OCH3 is 1. The third-order valence-electron chi connectivity index (χ3n) is 3.21. The molecule has 0 bridgehead atoms. The summed E-state index contributed by atoms with van der Waals surface area (Å²) in [4.78, 5) is 27.6. The molecule has 7 heteroatoms. The van der Waals surface area contributed by atoms with E-state index in [9.17, 15) is 14.0 Å². The fraction of sp³-hybridized carbons (Fsp3) is 0.0625. The van der Waals surface area contributed by atoms with Gasteiger partial charge in [-0.1, -0.05) is 0 Å². The topological polar surface area (TPSA) is 72.7 Å². The molecule has 2 aromatic heterocycles. The van der Waals surface area contributed by atoms with Crippen molar-refractivity contribution in [1.29, 1.82) is 0 Å². The first-order valence-corrected chi connectivity index (χ1v) is 6.71. The lowest BCUT2D eigenvalue weighted by atomic mass is 10.2. The number of hydrogen-bond donors (Lipinski definition) is 1. The molecular weight excluding hydrogens is 301 g/mol. The fourth-order valence-corrected chi connectivity index (χ4v) is 2.08. The summed E-state index contributed by atoms with van der Waals surface area (Å²) >= 11 is 0. The molecule has 0 saturated carbocycles. The van der Waals surface area contributed by atoms with Crippen LogP contribution in [0.4, 0.5) is 10.1 Å². The maximum Gasteiger partial charge on any atom is 0.337 e. The zero-order valence-electron chi connectivity index (χ0n) is 12.1. The molecule has 0 spiro atoms. The van der Waals surface area contributed by atoms with Gasteiger partial charge in [-0.2, -0.15) is 0 Å². The van der Waals surface area contributed by atoms with Crippen LogP contribution in [0.3, 0.4) is 0 Å². The van der Waals surface area contributed by atoms with Crippen molar-refractivity contribution in [2.24, 2.45) is 0 Å². The molecule has 0 unspecified atom stereocenters. The van der Waals surface area contributed by atoms with Gasteiger partial charge in [-0.15, -0.1) is 0 Å². The Balaban J connectivity index is 1.78. The summed E-state index contributed by atoms with van der Waals surface area (Å²) in [7, 11) is 1.30. The molecule has 0 aliphatic carbocycles. The minimum absolute atomic E-state index is 0.160. The van der Waals surface area contributed by atoms with E-state index < -0.39 is 17.7 Å². The van der Waals surface area contributed by atoms with Gasteiger partial charge in [-0.3, -0.25) is 4.79 Å². The predicted octanol–water partition coefficient (Wildman–Crippen LogP) is 2.51. The lowest BCUT2D eigenvalue weighted by molar-refractivity contribution is 0.0600. The number of nitrogens with zero attached hydrogens (tertiary/aromatic N) is 2. The summed E-state index contributed by atoms with van der Waals surface area (Å²) in [6.45, 7) is 0. The molecule has 6 nitrogen and oxygen atoms in total. The molecule has 1 aromatic carbocycles. The smallest absolute Gasteiger partial charge is 0.337 e. The summed E-state index contributed by atoms with van der Waals surface area (Å²) in [6, 6.07) is 9.01. The van der Waals surface area contributed by atoms with Crippen molar-refractivity contribution in [2.75, 3.05) is 12.4 Å². The van der Waals surface area contributed by atoms with Crippen LogP contribution in [0, 0.1) is 5.82 Å². The average molecular weight is 313 g/mol. The molecule has 0 fully saturated rings. The highest BCUT2D eigenvalue weighted by Crippen LogP contribution is 2.13. The maximum absolute atomic E-state index is 13.1. The molecule has 116 valence electrons. The van der Waals surface area contributed by atoms with E-state index in [1.807, 2.05) is 0 Å². The molecule has 0 saturated heterocycles. The van der Waals surface area contributed by atoms with Crippen LogP contribution in [0.25, 0.3) is 5.65 Å². The second-order valence-corrected chi connectivity index (χ2v) is 4.76. The third-order valence-corrected chi connectivity index (χ3v) is 3.21. The van der Waals surface area contributed by atoms with E-state index in [0.29, 0.717) is 16.9 Å². The summed E-state index contributed by atoms with van der Waals surface area (Å²) in [5.74, 6) is -1.30. The number of rotatable bonds is 3. The largest absolute Gasteiger partial charge is 0.465 e. The van der Waals surface area contributed by atoms with Crippen LogP contribution in [0.1, 0.15) is 20.8 Å². The van der Waals surface area contributed by atoms with E-state index in [4.69, 9.17) is 0 Å². The fourth-order valence-electron chi connectivity index (χ4n) is 2.08. The number of pyridine rings is 1. The monoisotopic (exact) mass is 313 g/mol. The Labute approximate surface area is 130 Å². The van der Waals surface area contributed by atoms with Gasteiger partial charge in [-0.25, -0.2) is 14.2 Å². The lowest BCUT2D eigenvalue weighted by Crippen LogP contribution is -2.12. The summed E-state index contributed by atoms with van der Waals surface area (Å²) in [5, 5.41) is 2.66. The number of imidazole rings is 1. The minimum Gasteiger partial charge on any atom is -0.465 e. The van der Waals surface area contributed by atoms with Crippen molar-refractivity contribution in [3.8, 4) is 0 Å². The maximum atomic E-state index is 13.1. The number of amides is 1. The van der Waals surface area contributed by atoms with Crippen LogP contribution in [-0.2, 0) is 4.74 Å². The molecule has 1 N–H and O–H groups in total. The Kier molecular flexibility index (Phi) is 3.76. The molecule has 0 radical (unpaired) electrons. The van der Waals surface area contributed by atoms with Crippen molar-refractivity contribution < 1.29 is 18.7 Å². The van der Waals surface area contributed by atoms with Gasteiger partial charge in [0.25, 0.3) is 5.91 Å². The van der Waals surface area contributed by atoms with Crippen LogP contribution >= 0.6 is 0 Å². The Morgan fingerprint density at radius 1 is 1.13 bits per heavy atom. The number of carbonyl (C=O) groups is 2. The minimum atomic E-state index is -0.453. The van der Waals surface area contributed by atoms with E-state index in [-0.39, 0.29) is 5.69 Å². The molecule has 1 amide bonds. The first-order valence-electron chi connectivity index (χ1n) is 6.71. The second kappa shape index (κ2) is 5.88. The van der Waals surface area contributed by atoms with Crippen molar-refractivity contribution in [2.45, 2.75) is 0 Å². The second-order valence-electron chi connectivity index (χ2n) is 4.76. The van der Waals surface area contributed by atoms with Crippen LogP contribution in [0.2, 0.25) is 0 Å². The summed E-state index contributed by atoms with van der Waals surface area (Å²) < 4.78 is 19.2. The zero-order chi connectivity index (χ0) is 16.4. The highest BCUT2D eigenvalue weighted by Gasteiger charge is 2.12. The molecule has 2 heterocycles. The van der Waals surface area contributed by atoms with Gasteiger partial charge in [0.2, 0.25) is 0 Å². The van der Waals surface area contributed by atoms with E-state index >= 15 is 0 Å². The predicted molar refractivity (Wildman–Crippen MR) is 80.9 cm³/mol. The van der Waals surface area contributed by atoms with Gasteiger partial charge in [0.05, 0.1) is 12.7 Å². The van der Waals surface area contributed by atoms with E-state index in [0.717, 1.165) is 0 Å². The van der Waals surface area contributed by atoms with Gasteiger partial charge in [0.1, 0.15) is 17.2 Å². The quantitative estimate of drug-likeness (QED) is 0.754. The molecule has 0 atom stereocenters. The Morgan fingerprint density at radius 3 is 2.57 bits per heavy atom. The number of ether oxygens (including phenoxy) is 1. The van der Waals surface area contributed by atoms with Gasteiger partial charge in [0, 0.05) is 18.1 Å². The van der Waals surface area contributed by atoms with Crippen LogP contribution < -0.4 is 5.32 Å². The molecule has 23 heavy (non-hydrogen) atoms. The van der Waals surface area contributed by atoms with Gasteiger partial charge in [0.15, 0.2) is 0 Å². The normalized spacial score (nSPS) is 10.5. The molecule has 0 aliphatic heterocycles. The number of esters is 1. The van der Waals surface area contributed by atoms with E-state index in [2.05, 4.69) is 15.0 Å². The standard InChI is InChI=1S/C16H12FN3O3/c1-23-16(22)10-2-5-12(6-3-10)18-15(21)13-9-20-8-11(17)4-7-14(20)19-13/h2-9H,1H3,(H,18,21). The number of aromatic nitrogens is 2. The highest BCUT2D eigenvalue weighted by atomic mass is 19.1. The number of anilines is 1. The highest BCUT2D eigenvalue weighted by molar-refractivity contribution is 6.03. The third kappa shape index (κ3) is 3.03. The Bertz CT molecular complexity index is 887. The number of carbonyl (C=O) groups excluding carboxylic acids is 2. The first-order chi connectivity index (χ1) is 11.1. The molecule has 0 aliphatic rings. The summed E-state index contributed by atoms with van der Waals surface area (Å²) in [5.41, 5.74) is 1.52. The first kappa shape index (κ1) is 14.7. The number of fused-ring (bicyclic) bond motifs is 1. The van der Waals surface area contributed by atoms with Crippen LogP contribution in [0.5, 0.6) is 0 Å². The van der Waals surface area contributed by atoms with E-state index in [1.54, 1.807) is 24.3 Å². The van der Waals surface area contributed by atoms with Gasteiger partial charge >= 0.3 is 5.97 Å². The average Bonchev–Trinajstić information content (AvgIpc) is 2.98. The Morgan fingerprint density at radius 2 is 1.87 bits per heavy atom. The van der Waals surface area contributed by atoms with Crippen molar-refractivity contribution in [1.82, 2.24) is 9.38 Å². The number of benzene rings is 1. The molecule has 3 aromatic rings. The Hall–Kier alpha value is -3.22. The van der Waals surface area contributed by atoms with Gasteiger partial charge in [-0.05, 0) is 36.4 Å². The SMILES string of the molecule is COC(=O)c1ccc(NC(=O)c2cn3cc(F)ccc3n2)cc1. The number of hydrogen-bond acceptors (Lipinski definition) is 4. The van der Waals surface area contributed by atoms with Crippen molar-refractivity contribution in [3.05, 3.63) is 65.9 Å². The van der Waals surface area contributed by atoms with E-state index in [1.165, 1.54) is 36.0 Å². The summed E-state index contributed by atoms with van der Waals surface area (Å²) in [6.07, 6.45) is 2.68.